The molecule has 0 radical (unpaired) electrons. The third-order valence-electron chi connectivity index (χ3n) is 6.77. The number of carbonyl (C=O) groups excluding carboxylic acids is 2. The number of hydrogen-bond donors (Lipinski definition) is 1. The molecule has 0 bridgehead atoms. The Balaban J connectivity index is 2.03. The van der Waals surface area contributed by atoms with Crippen molar-refractivity contribution in [2.24, 2.45) is 0 Å². The topological polar surface area (TPSA) is 96.0 Å². The van der Waals surface area contributed by atoms with Crippen LogP contribution in [0.25, 0.3) is 0 Å². The summed E-state index contributed by atoms with van der Waals surface area (Å²) in [6.07, 6.45) is 0. The zero-order valence-corrected chi connectivity index (χ0v) is 24.9. The normalized spacial score (nSPS) is 12.1. The maximum absolute atomic E-state index is 13.9. The highest BCUT2D eigenvalue weighted by Gasteiger charge is 2.32. The van der Waals surface area contributed by atoms with E-state index in [1.807, 2.05) is 31.2 Å². The number of nitrogens with zero attached hydrogens (tertiary/aromatic N) is 2. The lowest BCUT2D eigenvalue weighted by Gasteiger charge is -2.32. The molecule has 0 spiro atoms. The first kappa shape index (κ1) is 30.7. The van der Waals surface area contributed by atoms with E-state index in [0.29, 0.717) is 18.0 Å². The van der Waals surface area contributed by atoms with E-state index in [9.17, 15) is 18.0 Å². The van der Waals surface area contributed by atoms with Crippen molar-refractivity contribution < 1.29 is 22.7 Å². The average Bonchev–Trinajstić information content (AvgIpc) is 2.94. The molecule has 0 saturated carbocycles. The molecule has 2 amide bonds. The SMILES string of the molecule is CCNC(=O)C(C)N(Cc1ccc(OC)cc1)C(=O)CN(c1ccc(C(C)C)cc1)S(=O)(=O)c1ccc(C)cc1. The second-order valence-corrected chi connectivity index (χ2v) is 11.9. The number of nitrogens with one attached hydrogen (secondary N) is 1. The first-order valence-corrected chi connectivity index (χ1v) is 14.8. The second kappa shape index (κ2) is 13.5. The smallest absolute Gasteiger partial charge is 0.264 e. The molecule has 1 unspecified atom stereocenters. The molecule has 214 valence electrons. The number of hydrogen-bond acceptors (Lipinski definition) is 5. The highest BCUT2D eigenvalue weighted by molar-refractivity contribution is 7.92. The molecule has 1 atom stereocenters. The fourth-order valence-corrected chi connectivity index (χ4v) is 5.64. The van der Waals surface area contributed by atoms with Crippen molar-refractivity contribution in [1.82, 2.24) is 10.2 Å². The highest BCUT2D eigenvalue weighted by atomic mass is 32.2. The largest absolute Gasteiger partial charge is 0.497 e. The Hall–Kier alpha value is -3.85. The quantitative estimate of drug-likeness (QED) is 0.338. The number of amides is 2. The van der Waals surface area contributed by atoms with E-state index < -0.39 is 28.5 Å². The summed E-state index contributed by atoms with van der Waals surface area (Å²) in [7, 11) is -2.53. The van der Waals surface area contributed by atoms with Crippen molar-refractivity contribution in [2.75, 3.05) is 24.5 Å². The van der Waals surface area contributed by atoms with Gasteiger partial charge in [-0.05, 0) is 74.2 Å². The predicted molar refractivity (Wildman–Crippen MR) is 158 cm³/mol. The number of sulfonamides is 1. The third-order valence-corrected chi connectivity index (χ3v) is 8.55. The summed E-state index contributed by atoms with van der Waals surface area (Å²) in [6, 6.07) is 20.1. The van der Waals surface area contributed by atoms with Crippen molar-refractivity contribution in [1.29, 1.82) is 0 Å². The summed E-state index contributed by atoms with van der Waals surface area (Å²) in [5, 5.41) is 2.76. The van der Waals surface area contributed by atoms with E-state index in [-0.39, 0.29) is 23.3 Å². The van der Waals surface area contributed by atoms with Gasteiger partial charge in [0, 0.05) is 13.1 Å². The summed E-state index contributed by atoms with van der Waals surface area (Å²) in [5.41, 5.74) is 3.12. The fourth-order valence-electron chi connectivity index (χ4n) is 4.22. The van der Waals surface area contributed by atoms with Gasteiger partial charge in [0.05, 0.1) is 17.7 Å². The van der Waals surface area contributed by atoms with E-state index in [0.717, 1.165) is 21.0 Å². The zero-order chi connectivity index (χ0) is 29.4. The maximum Gasteiger partial charge on any atom is 0.264 e. The van der Waals surface area contributed by atoms with Gasteiger partial charge in [-0.25, -0.2) is 8.42 Å². The van der Waals surface area contributed by atoms with Gasteiger partial charge in [-0.2, -0.15) is 0 Å². The lowest BCUT2D eigenvalue weighted by atomic mass is 10.0. The Morgan fingerprint density at radius 3 is 2.02 bits per heavy atom. The Bertz CT molecular complexity index is 1390. The Kier molecular flexibility index (Phi) is 10.3. The van der Waals surface area contributed by atoms with Gasteiger partial charge in [0.25, 0.3) is 10.0 Å². The average molecular weight is 566 g/mol. The number of methoxy groups -OCH3 is 1. The monoisotopic (exact) mass is 565 g/mol. The first-order valence-electron chi connectivity index (χ1n) is 13.4. The molecule has 3 rings (SSSR count). The van der Waals surface area contributed by atoms with Gasteiger partial charge in [0.2, 0.25) is 11.8 Å². The van der Waals surface area contributed by atoms with E-state index in [1.54, 1.807) is 57.4 Å². The molecule has 1 N–H and O–H groups in total. The van der Waals surface area contributed by atoms with Crippen LogP contribution in [-0.4, -0.2) is 51.4 Å². The second-order valence-electron chi connectivity index (χ2n) is 10.0. The van der Waals surface area contributed by atoms with Crippen LogP contribution in [0.5, 0.6) is 5.75 Å². The summed E-state index contributed by atoms with van der Waals surface area (Å²) in [6.45, 7) is 9.48. The molecule has 0 aliphatic rings. The number of rotatable bonds is 12. The number of ether oxygens (including phenoxy) is 1. The molecular formula is C31H39N3O5S. The lowest BCUT2D eigenvalue weighted by Crippen LogP contribution is -2.51. The van der Waals surface area contributed by atoms with Gasteiger partial charge in [-0.1, -0.05) is 55.8 Å². The van der Waals surface area contributed by atoms with Crippen LogP contribution in [0.1, 0.15) is 50.3 Å². The molecule has 0 heterocycles. The van der Waals surface area contributed by atoms with Crippen LogP contribution in [0, 0.1) is 6.92 Å². The van der Waals surface area contributed by atoms with Crippen LogP contribution < -0.4 is 14.4 Å². The number of carbonyl (C=O) groups is 2. The molecule has 0 aromatic heterocycles. The first-order chi connectivity index (χ1) is 19.0. The van der Waals surface area contributed by atoms with E-state index in [2.05, 4.69) is 19.2 Å². The van der Waals surface area contributed by atoms with E-state index >= 15 is 0 Å². The van der Waals surface area contributed by atoms with Crippen LogP contribution in [0.2, 0.25) is 0 Å². The third kappa shape index (κ3) is 7.41. The van der Waals surface area contributed by atoms with Gasteiger partial charge in [0.15, 0.2) is 0 Å². The molecule has 3 aromatic rings. The van der Waals surface area contributed by atoms with Crippen molar-refractivity contribution in [3.63, 3.8) is 0 Å². The molecule has 0 saturated heterocycles. The molecule has 0 aliphatic carbocycles. The van der Waals surface area contributed by atoms with Gasteiger partial charge >= 0.3 is 0 Å². The molecule has 40 heavy (non-hydrogen) atoms. The number of aryl methyl sites for hydroxylation is 1. The van der Waals surface area contributed by atoms with Gasteiger partial charge in [0.1, 0.15) is 18.3 Å². The molecule has 8 nitrogen and oxygen atoms in total. The Labute approximate surface area is 238 Å². The lowest BCUT2D eigenvalue weighted by molar-refractivity contribution is -0.139. The van der Waals surface area contributed by atoms with Crippen LogP contribution in [0.4, 0.5) is 5.69 Å². The maximum atomic E-state index is 13.9. The van der Waals surface area contributed by atoms with Crippen LogP contribution in [0.3, 0.4) is 0 Å². The van der Waals surface area contributed by atoms with Gasteiger partial charge < -0.3 is 15.0 Å². The highest BCUT2D eigenvalue weighted by Crippen LogP contribution is 2.27. The van der Waals surface area contributed by atoms with Crippen molar-refractivity contribution in [3.05, 3.63) is 89.5 Å². The molecule has 0 fully saturated rings. The van der Waals surface area contributed by atoms with Crippen molar-refractivity contribution in [2.45, 2.75) is 58.0 Å². The minimum atomic E-state index is -4.10. The molecule has 0 aliphatic heterocycles. The van der Waals surface area contributed by atoms with E-state index in [1.165, 1.54) is 17.0 Å². The molecule has 9 heteroatoms. The minimum absolute atomic E-state index is 0.0808. The number of anilines is 1. The zero-order valence-electron chi connectivity index (χ0n) is 24.0. The van der Waals surface area contributed by atoms with Crippen LogP contribution >= 0.6 is 0 Å². The summed E-state index contributed by atoms with van der Waals surface area (Å²) in [4.78, 5) is 28.2. The summed E-state index contributed by atoms with van der Waals surface area (Å²) in [5.74, 6) is 0.103. The van der Waals surface area contributed by atoms with E-state index in [4.69, 9.17) is 4.74 Å². The predicted octanol–water partition coefficient (Wildman–Crippen LogP) is 4.88. The number of benzene rings is 3. The fraction of sp³-hybridized carbons (Fsp3) is 0.355. The minimum Gasteiger partial charge on any atom is -0.497 e. The Morgan fingerprint density at radius 1 is 0.900 bits per heavy atom. The van der Waals surface area contributed by atoms with Crippen LogP contribution in [0.15, 0.2) is 77.7 Å². The van der Waals surface area contributed by atoms with Crippen LogP contribution in [-0.2, 0) is 26.2 Å². The van der Waals surface area contributed by atoms with Gasteiger partial charge in [-0.15, -0.1) is 0 Å². The number of likely N-dealkylation sites (N-methyl/N-ethyl adjacent to an activating group) is 1. The Morgan fingerprint density at radius 2 is 1.50 bits per heavy atom. The van der Waals surface area contributed by atoms with Gasteiger partial charge in [-0.3, -0.25) is 13.9 Å². The summed E-state index contributed by atoms with van der Waals surface area (Å²) >= 11 is 0. The van der Waals surface area contributed by atoms with Crippen molar-refractivity contribution >= 4 is 27.5 Å². The summed E-state index contributed by atoms with van der Waals surface area (Å²) < 4.78 is 34.2. The standard InChI is InChI=1S/C31H39N3O5S/c1-7-32-31(36)24(5)33(20-25-10-16-28(39-6)17-11-25)30(35)21-34(27-14-12-26(13-15-27)22(2)3)40(37,38)29-18-8-23(4)9-19-29/h8-19,22,24H,7,20-21H2,1-6H3,(H,32,36). The molecule has 3 aromatic carbocycles. The van der Waals surface area contributed by atoms with Crippen molar-refractivity contribution in [3.8, 4) is 5.75 Å². The molecular weight excluding hydrogens is 526 g/mol.